The normalized spacial score (nSPS) is 16.3. The molecule has 1 atom stereocenters. The number of hydrogen-bond acceptors (Lipinski definition) is 6. The zero-order chi connectivity index (χ0) is 35.3. The van der Waals surface area contributed by atoms with Crippen LogP contribution in [0.15, 0.2) is 97.5 Å². The van der Waals surface area contributed by atoms with E-state index in [0.29, 0.717) is 52.3 Å². The van der Waals surface area contributed by atoms with Crippen LogP contribution in [0.3, 0.4) is 0 Å². The van der Waals surface area contributed by atoms with Gasteiger partial charge in [-0.3, -0.25) is 14.6 Å². The Balaban J connectivity index is 1.20. The van der Waals surface area contributed by atoms with Gasteiger partial charge in [-0.2, -0.15) is 0 Å². The number of halogens is 2. The molecule has 2 amide bonds. The number of hydrogen-bond donors (Lipinski definition) is 3. The Bertz CT molecular complexity index is 2260. The lowest BCUT2D eigenvalue weighted by Gasteiger charge is -2.39. The summed E-state index contributed by atoms with van der Waals surface area (Å²) in [4.78, 5) is 42.2. The van der Waals surface area contributed by atoms with E-state index in [1.807, 2.05) is 91.3 Å². The van der Waals surface area contributed by atoms with Crippen molar-refractivity contribution < 1.29 is 9.59 Å². The van der Waals surface area contributed by atoms with Crippen molar-refractivity contribution in [3.63, 3.8) is 0 Å². The molecule has 8 rings (SSSR count). The third-order valence-electron chi connectivity index (χ3n) is 10.2. The second-order valence-corrected chi connectivity index (χ2v) is 14.2. The number of amides is 2. The number of aromatic nitrogens is 4. The number of carbonyl (C=O) groups excluding carboxylic acids is 2. The summed E-state index contributed by atoms with van der Waals surface area (Å²) in [5.74, 6) is 0.463. The van der Waals surface area contributed by atoms with Crippen LogP contribution in [-0.4, -0.2) is 62.0 Å². The first-order valence-corrected chi connectivity index (χ1v) is 17.7. The minimum atomic E-state index is -0.323. The molecule has 0 aliphatic carbocycles. The average molecular weight is 720 g/mol. The second kappa shape index (κ2) is 13.2. The highest BCUT2D eigenvalue weighted by molar-refractivity contribution is 6.31. The molecule has 10 nitrogen and oxygen atoms in total. The van der Waals surface area contributed by atoms with E-state index in [9.17, 15) is 9.59 Å². The first kappa shape index (κ1) is 33.0. The van der Waals surface area contributed by atoms with Crippen molar-refractivity contribution in [2.24, 2.45) is 0 Å². The van der Waals surface area contributed by atoms with Crippen molar-refractivity contribution in [2.45, 2.75) is 37.8 Å². The van der Waals surface area contributed by atoms with Gasteiger partial charge >= 0.3 is 0 Å². The number of H-pyrrole nitrogens is 1. The molecule has 0 bridgehead atoms. The highest BCUT2D eigenvalue weighted by atomic mass is 35.5. The number of rotatable bonds is 7. The van der Waals surface area contributed by atoms with Crippen LogP contribution in [0.25, 0.3) is 33.4 Å². The second-order valence-electron chi connectivity index (χ2n) is 13.3. The van der Waals surface area contributed by atoms with Crippen LogP contribution in [0.2, 0.25) is 10.0 Å². The number of anilines is 2. The molecule has 258 valence electrons. The van der Waals surface area contributed by atoms with Crippen molar-refractivity contribution in [2.75, 3.05) is 30.4 Å². The van der Waals surface area contributed by atoms with Crippen LogP contribution >= 0.6 is 23.2 Å². The number of benzene rings is 3. The number of nitrogens with one attached hydrogen (secondary N) is 3. The molecule has 5 heterocycles. The lowest BCUT2D eigenvalue weighted by Crippen LogP contribution is -2.52. The fraction of sp³-hybridized carbons (Fsp3) is 0.231. The van der Waals surface area contributed by atoms with Crippen LogP contribution in [0.1, 0.15) is 48.3 Å². The summed E-state index contributed by atoms with van der Waals surface area (Å²) < 4.78 is 2.11. The molecule has 3 aromatic carbocycles. The predicted octanol–water partition coefficient (Wildman–Crippen LogP) is 7.97. The van der Waals surface area contributed by atoms with E-state index in [1.165, 1.54) is 0 Å². The topological polar surface area (TPSA) is 111 Å². The van der Waals surface area contributed by atoms with Gasteiger partial charge in [0.1, 0.15) is 5.69 Å². The number of nitrogens with zero attached hydrogens (tertiary/aromatic N) is 5. The zero-order valence-corrected chi connectivity index (χ0v) is 29.7. The van der Waals surface area contributed by atoms with Crippen molar-refractivity contribution in [3.8, 4) is 22.5 Å². The molecule has 0 unspecified atom stereocenters. The Morgan fingerprint density at radius 3 is 2.41 bits per heavy atom. The molecule has 2 fully saturated rings. The summed E-state index contributed by atoms with van der Waals surface area (Å²) in [5.41, 5.74) is 9.04. The van der Waals surface area contributed by atoms with E-state index in [1.54, 1.807) is 18.3 Å². The van der Waals surface area contributed by atoms with Gasteiger partial charge in [0.05, 0.1) is 29.4 Å². The molecule has 0 radical (unpaired) electrons. The summed E-state index contributed by atoms with van der Waals surface area (Å²) in [6.07, 6.45) is 5.60. The SMILES string of the molecule is C[C@@H](c1ccc(Cl)cc1)n1cnc(-c2ccccc2)c1-c1c(C(=O)Nc2cccnc2N2CCC3(CC2)CC(=O)N(C)N3)[nH]c2cc(Cl)ccc12. The predicted molar refractivity (Wildman–Crippen MR) is 202 cm³/mol. The van der Waals surface area contributed by atoms with Crippen molar-refractivity contribution in [1.29, 1.82) is 0 Å². The standard InChI is InChI=1S/C39H36Cl2N8O2/c1-24(25-10-12-27(40)13-11-25)49-23-43-34(26-7-4-3-5-8-26)36(49)33-29-15-14-28(41)21-31(29)44-35(33)38(51)45-30-9-6-18-42-37(30)48-19-16-39(17-20-48)22-32(50)47(2)46-39/h3-15,18,21,23-24,44,46H,16-17,19-20,22H2,1-2H3,(H,45,51)/t24-/m0/s1. The molecule has 3 aromatic heterocycles. The summed E-state index contributed by atoms with van der Waals surface area (Å²) in [5, 5.41) is 6.84. The molecule has 12 heteroatoms. The number of carbonyl (C=O) groups is 2. The first-order valence-electron chi connectivity index (χ1n) is 16.9. The molecule has 1 spiro atoms. The third-order valence-corrected chi connectivity index (χ3v) is 10.6. The van der Waals surface area contributed by atoms with E-state index < -0.39 is 0 Å². The van der Waals surface area contributed by atoms with E-state index in [4.69, 9.17) is 33.2 Å². The Hall–Kier alpha value is -5.16. The Kier molecular flexibility index (Phi) is 8.54. The van der Waals surface area contributed by atoms with E-state index >= 15 is 0 Å². The fourth-order valence-corrected chi connectivity index (χ4v) is 7.73. The van der Waals surface area contributed by atoms with Gasteiger partial charge in [0.15, 0.2) is 5.82 Å². The molecular weight excluding hydrogens is 683 g/mol. The van der Waals surface area contributed by atoms with Crippen LogP contribution in [-0.2, 0) is 4.79 Å². The maximum Gasteiger partial charge on any atom is 0.272 e. The van der Waals surface area contributed by atoms with Crippen molar-refractivity contribution in [1.82, 2.24) is 30.0 Å². The summed E-state index contributed by atoms with van der Waals surface area (Å²) >= 11 is 12.8. The number of hydrazine groups is 1. The number of pyridine rings is 1. The maximum absolute atomic E-state index is 14.6. The molecule has 2 aliphatic rings. The molecule has 0 saturated carbocycles. The van der Waals surface area contributed by atoms with Gasteiger partial charge in [-0.1, -0.05) is 71.7 Å². The van der Waals surface area contributed by atoms with Crippen LogP contribution in [0.4, 0.5) is 11.5 Å². The number of piperidine rings is 1. The smallest absolute Gasteiger partial charge is 0.272 e. The maximum atomic E-state index is 14.6. The Labute approximate surface area is 305 Å². The van der Waals surface area contributed by atoms with E-state index in [0.717, 1.165) is 46.3 Å². The van der Waals surface area contributed by atoms with Gasteiger partial charge in [-0.15, -0.1) is 0 Å². The van der Waals surface area contributed by atoms with Gasteiger partial charge < -0.3 is 19.8 Å². The number of imidazole rings is 1. The highest BCUT2D eigenvalue weighted by Gasteiger charge is 2.44. The van der Waals surface area contributed by atoms with Crippen LogP contribution < -0.4 is 15.6 Å². The lowest BCUT2D eigenvalue weighted by molar-refractivity contribution is -0.128. The van der Waals surface area contributed by atoms with Gasteiger partial charge in [0.25, 0.3) is 5.91 Å². The lowest BCUT2D eigenvalue weighted by atomic mass is 9.86. The summed E-state index contributed by atoms with van der Waals surface area (Å²) in [6.45, 7) is 3.48. The van der Waals surface area contributed by atoms with Gasteiger partial charge in [-0.25, -0.2) is 15.4 Å². The van der Waals surface area contributed by atoms with Crippen LogP contribution in [0, 0.1) is 0 Å². The number of fused-ring (bicyclic) bond motifs is 1. The summed E-state index contributed by atoms with van der Waals surface area (Å²) in [7, 11) is 1.77. The average Bonchev–Trinajstić information content (AvgIpc) is 3.81. The minimum absolute atomic E-state index is 0.101. The fourth-order valence-electron chi connectivity index (χ4n) is 7.43. The largest absolute Gasteiger partial charge is 0.355 e. The van der Waals surface area contributed by atoms with E-state index in [2.05, 4.69) is 32.1 Å². The Morgan fingerprint density at radius 1 is 0.941 bits per heavy atom. The van der Waals surface area contributed by atoms with E-state index in [-0.39, 0.29) is 23.4 Å². The molecule has 6 aromatic rings. The zero-order valence-electron chi connectivity index (χ0n) is 28.2. The summed E-state index contributed by atoms with van der Waals surface area (Å²) in [6, 6.07) is 26.9. The highest BCUT2D eigenvalue weighted by Crippen LogP contribution is 2.42. The Morgan fingerprint density at radius 2 is 1.69 bits per heavy atom. The molecule has 2 saturated heterocycles. The van der Waals surface area contributed by atoms with Gasteiger partial charge in [-0.05, 0) is 61.7 Å². The van der Waals surface area contributed by atoms with Crippen molar-refractivity contribution >= 4 is 57.4 Å². The molecular formula is C39H36Cl2N8O2. The molecule has 3 N–H and O–H groups in total. The van der Waals surface area contributed by atoms with Crippen molar-refractivity contribution in [3.05, 3.63) is 119 Å². The first-order chi connectivity index (χ1) is 24.7. The third kappa shape index (κ3) is 6.13. The minimum Gasteiger partial charge on any atom is -0.355 e. The number of aromatic amines is 1. The molecule has 2 aliphatic heterocycles. The van der Waals surface area contributed by atoms with Crippen LogP contribution in [0.5, 0.6) is 0 Å². The quantitative estimate of drug-likeness (QED) is 0.154. The monoisotopic (exact) mass is 718 g/mol. The molecule has 51 heavy (non-hydrogen) atoms. The van der Waals surface area contributed by atoms with Gasteiger partial charge in [0, 0.05) is 70.4 Å². The van der Waals surface area contributed by atoms with Gasteiger partial charge in [0.2, 0.25) is 5.91 Å².